The molecule has 0 unspecified atom stereocenters. The first-order chi connectivity index (χ1) is 12.1. The zero-order valence-electron chi connectivity index (χ0n) is 14.9. The summed E-state index contributed by atoms with van der Waals surface area (Å²) in [6, 6.07) is 10.7. The van der Waals surface area contributed by atoms with Crippen LogP contribution in [0.25, 0.3) is 0 Å². The normalized spacial score (nSPS) is 11.7. The van der Waals surface area contributed by atoms with Crippen molar-refractivity contribution in [3.8, 4) is 11.5 Å². The molecule has 1 aromatic carbocycles. The quantitative estimate of drug-likeness (QED) is 0.720. The molecule has 0 aliphatic rings. The zero-order chi connectivity index (χ0) is 18.2. The minimum atomic E-state index is -0.238. The van der Waals surface area contributed by atoms with Crippen LogP contribution in [0.2, 0.25) is 0 Å². The Kier molecular flexibility index (Phi) is 6.77. The predicted octanol–water partition coefficient (Wildman–Crippen LogP) is 2.62. The van der Waals surface area contributed by atoms with Crippen LogP contribution in [0.1, 0.15) is 41.1 Å². The van der Waals surface area contributed by atoms with Crippen molar-refractivity contribution in [2.24, 2.45) is 5.73 Å². The Hall–Kier alpha value is -2.60. The maximum atomic E-state index is 12.7. The van der Waals surface area contributed by atoms with Crippen LogP contribution in [-0.4, -0.2) is 31.2 Å². The summed E-state index contributed by atoms with van der Waals surface area (Å²) in [5, 5.41) is 2.96. The SMILES string of the molecule is COc1cccc(C(=O)N[C@@H](C)c2cccc(C)n2)c1OCCCN. The second kappa shape index (κ2) is 9.03. The minimum Gasteiger partial charge on any atom is -0.493 e. The monoisotopic (exact) mass is 343 g/mol. The van der Waals surface area contributed by atoms with E-state index >= 15 is 0 Å². The van der Waals surface area contributed by atoms with E-state index in [4.69, 9.17) is 15.2 Å². The van der Waals surface area contributed by atoms with E-state index in [0.29, 0.717) is 36.6 Å². The van der Waals surface area contributed by atoms with Crippen LogP contribution in [0, 0.1) is 6.92 Å². The van der Waals surface area contributed by atoms with E-state index in [1.54, 1.807) is 25.3 Å². The number of hydrogen-bond donors (Lipinski definition) is 2. The number of methoxy groups -OCH3 is 1. The number of nitrogens with two attached hydrogens (primary N) is 1. The number of carbonyl (C=O) groups is 1. The fraction of sp³-hybridized carbons (Fsp3) is 0.368. The van der Waals surface area contributed by atoms with Crippen LogP contribution in [-0.2, 0) is 0 Å². The van der Waals surface area contributed by atoms with Crippen molar-refractivity contribution in [1.29, 1.82) is 0 Å². The van der Waals surface area contributed by atoms with Gasteiger partial charge < -0.3 is 20.5 Å². The molecule has 0 saturated heterocycles. The van der Waals surface area contributed by atoms with Gasteiger partial charge in [0.2, 0.25) is 0 Å². The van der Waals surface area contributed by atoms with Gasteiger partial charge in [0.15, 0.2) is 11.5 Å². The summed E-state index contributed by atoms with van der Waals surface area (Å²) >= 11 is 0. The maximum absolute atomic E-state index is 12.7. The molecule has 25 heavy (non-hydrogen) atoms. The fourth-order valence-electron chi connectivity index (χ4n) is 2.42. The summed E-state index contributed by atoms with van der Waals surface area (Å²) in [6.45, 7) is 4.76. The van der Waals surface area contributed by atoms with E-state index in [0.717, 1.165) is 11.4 Å². The lowest BCUT2D eigenvalue weighted by Crippen LogP contribution is -2.28. The second-order valence-electron chi connectivity index (χ2n) is 5.73. The number of rotatable bonds is 8. The number of aryl methyl sites for hydroxylation is 1. The van der Waals surface area contributed by atoms with E-state index < -0.39 is 0 Å². The van der Waals surface area contributed by atoms with Gasteiger partial charge in [0.1, 0.15) is 0 Å². The standard InChI is InChI=1S/C19H25N3O3/c1-13-7-4-9-16(21-13)14(2)22-19(23)15-8-5-10-17(24-3)18(15)25-12-6-11-20/h4-5,7-10,14H,6,11-12,20H2,1-3H3,(H,22,23)/t14-/m0/s1. The highest BCUT2D eigenvalue weighted by atomic mass is 16.5. The Morgan fingerprint density at radius 1 is 1.28 bits per heavy atom. The third kappa shape index (κ3) is 4.93. The van der Waals surface area contributed by atoms with Gasteiger partial charge in [-0.3, -0.25) is 9.78 Å². The van der Waals surface area contributed by atoms with Crippen LogP contribution in [0.4, 0.5) is 0 Å². The van der Waals surface area contributed by atoms with Gasteiger partial charge in [0.25, 0.3) is 5.91 Å². The van der Waals surface area contributed by atoms with Gasteiger partial charge in [-0.1, -0.05) is 12.1 Å². The molecule has 134 valence electrons. The third-order valence-corrected chi connectivity index (χ3v) is 3.74. The number of aromatic nitrogens is 1. The molecule has 0 radical (unpaired) electrons. The number of pyridine rings is 1. The van der Waals surface area contributed by atoms with Gasteiger partial charge in [0, 0.05) is 5.69 Å². The lowest BCUT2D eigenvalue weighted by atomic mass is 10.1. The molecule has 2 aromatic rings. The van der Waals surface area contributed by atoms with Crippen LogP contribution in [0.5, 0.6) is 11.5 Å². The first-order valence-corrected chi connectivity index (χ1v) is 8.31. The van der Waals surface area contributed by atoms with Crippen molar-refractivity contribution >= 4 is 5.91 Å². The molecule has 2 rings (SSSR count). The van der Waals surface area contributed by atoms with E-state index in [1.807, 2.05) is 32.0 Å². The Balaban J connectivity index is 2.20. The van der Waals surface area contributed by atoms with Crippen molar-refractivity contribution < 1.29 is 14.3 Å². The minimum absolute atomic E-state index is 0.226. The Labute approximate surface area is 148 Å². The number of nitrogens with zero attached hydrogens (tertiary/aromatic N) is 1. The van der Waals surface area contributed by atoms with Crippen molar-refractivity contribution in [2.45, 2.75) is 26.3 Å². The van der Waals surface area contributed by atoms with Crippen molar-refractivity contribution in [1.82, 2.24) is 10.3 Å². The molecular weight excluding hydrogens is 318 g/mol. The molecule has 0 spiro atoms. The van der Waals surface area contributed by atoms with Crippen molar-refractivity contribution in [2.75, 3.05) is 20.3 Å². The molecule has 0 aliphatic carbocycles. The van der Waals surface area contributed by atoms with Crippen LogP contribution < -0.4 is 20.5 Å². The molecule has 0 bridgehead atoms. The van der Waals surface area contributed by atoms with E-state index in [-0.39, 0.29) is 11.9 Å². The van der Waals surface area contributed by atoms with Crippen molar-refractivity contribution in [3.05, 3.63) is 53.3 Å². The molecule has 1 atom stereocenters. The Morgan fingerprint density at radius 3 is 2.72 bits per heavy atom. The average molecular weight is 343 g/mol. The Bertz CT molecular complexity index is 719. The molecule has 1 amide bonds. The topological polar surface area (TPSA) is 86.5 Å². The number of amides is 1. The fourth-order valence-corrected chi connectivity index (χ4v) is 2.42. The highest BCUT2D eigenvalue weighted by molar-refractivity contribution is 5.98. The maximum Gasteiger partial charge on any atom is 0.255 e. The molecular formula is C19H25N3O3. The summed E-state index contributed by atoms with van der Waals surface area (Å²) in [4.78, 5) is 17.2. The van der Waals surface area contributed by atoms with Gasteiger partial charge >= 0.3 is 0 Å². The summed E-state index contributed by atoms with van der Waals surface area (Å²) in [5.74, 6) is 0.712. The highest BCUT2D eigenvalue weighted by Gasteiger charge is 2.19. The van der Waals surface area contributed by atoms with Gasteiger partial charge in [-0.05, 0) is 51.1 Å². The summed E-state index contributed by atoms with van der Waals surface area (Å²) in [5.41, 5.74) is 7.65. The summed E-state index contributed by atoms with van der Waals surface area (Å²) in [7, 11) is 1.55. The largest absolute Gasteiger partial charge is 0.493 e. The number of carbonyl (C=O) groups excluding carboxylic acids is 1. The van der Waals surface area contributed by atoms with Crippen LogP contribution in [0.15, 0.2) is 36.4 Å². The molecule has 0 aliphatic heterocycles. The Morgan fingerprint density at radius 2 is 2.04 bits per heavy atom. The van der Waals surface area contributed by atoms with Gasteiger partial charge in [-0.2, -0.15) is 0 Å². The number of hydrogen-bond acceptors (Lipinski definition) is 5. The third-order valence-electron chi connectivity index (χ3n) is 3.74. The first kappa shape index (κ1) is 18.7. The number of benzene rings is 1. The molecule has 6 heteroatoms. The van der Waals surface area contributed by atoms with Crippen LogP contribution in [0.3, 0.4) is 0 Å². The second-order valence-corrected chi connectivity index (χ2v) is 5.73. The van der Waals surface area contributed by atoms with Gasteiger partial charge in [-0.15, -0.1) is 0 Å². The number of para-hydroxylation sites is 1. The summed E-state index contributed by atoms with van der Waals surface area (Å²) < 4.78 is 11.1. The number of nitrogens with one attached hydrogen (secondary N) is 1. The smallest absolute Gasteiger partial charge is 0.255 e. The van der Waals surface area contributed by atoms with E-state index in [1.165, 1.54) is 0 Å². The highest BCUT2D eigenvalue weighted by Crippen LogP contribution is 2.31. The molecule has 6 nitrogen and oxygen atoms in total. The first-order valence-electron chi connectivity index (χ1n) is 8.31. The van der Waals surface area contributed by atoms with Crippen LogP contribution >= 0.6 is 0 Å². The molecule has 1 aromatic heterocycles. The molecule has 0 saturated carbocycles. The number of ether oxygens (including phenoxy) is 2. The van der Waals surface area contributed by atoms with Gasteiger partial charge in [0.05, 0.1) is 31.0 Å². The van der Waals surface area contributed by atoms with E-state index in [9.17, 15) is 4.79 Å². The van der Waals surface area contributed by atoms with Crippen molar-refractivity contribution in [3.63, 3.8) is 0 Å². The molecule has 0 fully saturated rings. The molecule has 1 heterocycles. The zero-order valence-corrected chi connectivity index (χ0v) is 14.9. The average Bonchev–Trinajstić information content (AvgIpc) is 2.61. The van der Waals surface area contributed by atoms with Gasteiger partial charge in [-0.25, -0.2) is 0 Å². The molecule has 3 N–H and O–H groups in total. The predicted molar refractivity (Wildman–Crippen MR) is 97.0 cm³/mol. The van der Waals surface area contributed by atoms with E-state index in [2.05, 4.69) is 10.3 Å². The lowest BCUT2D eigenvalue weighted by Gasteiger charge is -2.17. The lowest BCUT2D eigenvalue weighted by molar-refractivity contribution is 0.0934. The summed E-state index contributed by atoms with van der Waals surface area (Å²) in [6.07, 6.45) is 0.697.